The number of carbonyl (C=O) groups is 1. The molecule has 2 rings (SSSR count). The molecule has 0 saturated carbocycles. The summed E-state index contributed by atoms with van der Waals surface area (Å²) >= 11 is 4.37. The molecule has 5 nitrogen and oxygen atoms in total. The number of ether oxygens (including phenoxy) is 2. The Kier molecular flexibility index (Phi) is 5.15. The highest BCUT2D eigenvalue weighted by molar-refractivity contribution is 9.10. The fourth-order valence-electron chi connectivity index (χ4n) is 1.93. The maximum Gasteiger partial charge on any atom is 0.342 e. The van der Waals surface area contributed by atoms with Crippen molar-refractivity contribution in [2.45, 2.75) is 12.7 Å². The van der Waals surface area contributed by atoms with Crippen LogP contribution in [-0.4, -0.2) is 19.7 Å². The molecule has 110 valence electrons. The molecule has 21 heavy (non-hydrogen) atoms. The van der Waals surface area contributed by atoms with Gasteiger partial charge in [0.15, 0.2) is 0 Å². The Bertz CT molecular complexity index is 720. The molecule has 1 aromatic carbocycles. The maximum absolute atomic E-state index is 12.2. The number of nitriles is 1. The zero-order valence-electron chi connectivity index (χ0n) is 11.4. The summed E-state index contributed by atoms with van der Waals surface area (Å²) in [7, 11) is 1.54. The molecule has 2 aromatic rings. The molecule has 0 N–H and O–H groups in total. The summed E-state index contributed by atoms with van der Waals surface area (Å²) in [5.74, 6) is 0.830. The van der Waals surface area contributed by atoms with Crippen LogP contribution < -0.4 is 4.74 Å². The number of methoxy groups -OCH3 is 1. The van der Waals surface area contributed by atoms with Gasteiger partial charge >= 0.3 is 5.97 Å². The van der Waals surface area contributed by atoms with Crippen LogP contribution >= 0.6 is 27.7 Å². The van der Waals surface area contributed by atoms with Gasteiger partial charge in [-0.25, -0.2) is 4.79 Å². The van der Waals surface area contributed by atoms with Crippen molar-refractivity contribution >= 4 is 44.6 Å². The molecule has 0 aliphatic rings. The van der Waals surface area contributed by atoms with Crippen molar-refractivity contribution in [2.24, 2.45) is 0 Å². The lowest BCUT2D eigenvalue weighted by Crippen LogP contribution is -2.06. The van der Waals surface area contributed by atoms with Gasteiger partial charge in [0.05, 0.1) is 23.9 Å². The standard InChI is InChI=1S/C14H12BrNO4S/c1-3-19-14(17)13-8-4-11(18-2)9(15)5-10(8)20-12(13)6-21-7-16/h4-5H,3,6H2,1-2H3. The Morgan fingerprint density at radius 3 is 2.90 bits per heavy atom. The molecule has 0 fully saturated rings. The fourth-order valence-corrected chi connectivity index (χ4v) is 2.82. The lowest BCUT2D eigenvalue weighted by atomic mass is 10.1. The number of carbonyl (C=O) groups excluding carboxylic acids is 1. The number of hydrogen-bond acceptors (Lipinski definition) is 6. The summed E-state index contributed by atoms with van der Waals surface area (Å²) in [5.41, 5.74) is 0.889. The molecule has 0 atom stereocenters. The van der Waals surface area contributed by atoms with Crippen LogP contribution in [0.2, 0.25) is 0 Å². The minimum atomic E-state index is -0.464. The number of fused-ring (bicyclic) bond motifs is 1. The minimum absolute atomic E-state index is 0.268. The first-order valence-corrected chi connectivity index (χ1v) is 7.87. The normalized spacial score (nSPS) is 10.4. The van der Waals surface area contributed by atoms with Gasteiger partial charge < -0.3 is 13.9 Å². The Morgan fingerprint density at radius 2 is 2.29 bits per heavy atom. The fraction of sp³-hybridized carbons (Fsp3) is 0.286. The first-order chi connectivity index (χ1) is 10.1. The smallest absolute Gasteiger partial charge is 0.342 e. The van der Waals surface area contributed by atoms with E-state index in [1.807, 2.05) is 5.40 Å². The summed E-state index contributed by atoms with van der Waals surface area (Å²) < 4.78 is 16.7. The summed E-state index contributed by atoms with van der Waals surface area (Å²) in [5, 5.41) is 11.3. The molecule has 0 saturated heterocycles. The van der Waals surface area contributed by atoms with Gasteiger partial charge in [0.1, 0.15) is 28.1 Å². The van der Waals surface area contributed by atoms with Gasteiger partial charge in [0.2, 0.25) is 0 Å². The number of thiocyanates is 1. The van der Waals surface area contributed by atoms with E-state index in [0.29, 0.717) is 28.0 Å². The van der Waals surface area contributed by atoms with Crippen LogP contribution in [0.4, 0.5) is 0 Å². The molecular formula is C14H12BrNO4S. The van der Waals surface area contributed by atoms with Crippen LogP contribution in [-0.2, 0) is 10.5 Å². The third kappa shape index (κ3) is 3.17. The third-order valence-corrected chi connectivity index (χ3v) is 3.94. The van der Waals surface area contributed by atoms with E-state index >= 15 is 0 Å². The van der Waals surface area contributed by atoms with Crippen LogP contribution in [0, 0.1) is 10.7 Å². The second-order valence-electron chi connectivity index (χ2n) is 3.98. The number of rotatable bonds is 5. The molecular weight excluding hydrogens is 358 g/mol. The number of furan rings is 1. The molecule has 0 amide bonds. The first-order valence-electron chi connectivity index (χ1n) is 6.09. The number of esters is 1. The van der Waals surface area contributed by atoms with Crippen molar-refractivity contribution in [1.82, 2.24) is 0 Å². The summed E-state index contributed by atoms with van der Waals surface area (Å²) in [4.78, 5) is 12.2. The second-order valence-corrected chi connectivity index (χ2v) is 5.60. The van der Waals surface area contributed by atoms with Gasteiger partial charge in [-0.1, -0.05) is 0 Å². The predicted octanol–water partition coefficient (Wildman–Crippen LogP) is 4.09. The van der Waals surface area contributed by atoms with E-state index in [-0.39, 0.29) is 12.4 Å². The van der Waals surface area contributed by atoms with Crippen molar-refractivity contribution in [2.75, 3.05) is 13.7 Å². The Hall–Kier alpha value is -1.65. The highest BCUT2D eigenvalue weighted by Crippen LogP contribution is 2.36. The van der Waals surface area contributed by atoms with Crippen molar-refractivity contribution in [3.63, 3.8) is 0 Å². The van der Waals surface area contributed by atoms with E-state index in [4.69, 9.17) is 19.2 Å². The van der Waals surface area contributed by atoms with Gasteiger partial charge in [-0.05, 0) is 46.7 Å². The quantitative estimate of drug-likeness (QED) is 0.583. The van der Waals surface area contributed by atoms with E-state index in [9.17, 15) is 4.79 Å². The molecule has 7 heteroatoms. The predicted molar refractivity (Wildman–Crippen MR) is 83.3 cm³/mol. The Balaban J connectivity index is 2.63. The van der Waals surface area contributed by atoms with Crippen LogP contribution in [0.15, 0.2) is 21.0 Å². The lowest BCUT2D eigenvalue weighted by Gasteiger charge is -2.04. The van der Waals surface area contributed by atoms with Crippen molar-refractivity contribution in [3.8, 4) is 11.2 Å². The van der Waals surface area contributed by atoms with E-state index in [1.165, 1.54) is 0 Å². The van der Waals surface area contributed by atoms with E-state index in [1.54, 1.807) is 26.2 Å². The van der Waals surface area contributed by atoms with E-state index < -0.39 is 5.97 Å². The van der Waals surface area contributed by atoms with E-state index in [0.717, 1.165) is 16.2 Å². The topological polar surface area (TPSA) is 72.5 Å². The zero-order chi connectivity index (χ0) is 15.4. The highest BCUT2D eigenvalue weighted by Gasteiger charge is 2.23. The molecule has 0 unspecified atom stereocenters. The monoisotopic (exact) mass is 369 g/mol. The third-order valence-electron chi connectivity index (χ3n) is 2.78. The minimum Gasteiger partial charge on any atom is -0.496 e. The molecule has 0 bridgehead atoms. The van der Waals surface area contributed by atoms with Crippen LogP contribution in [0.25, 0.3) is 11.0 Å². The van der Waals surface area contributed by atoms with Gasteiger partial charge in [-0.2, -0.15) is 5.26 Å². The first kappa shape index (κ1) is 15.7. The molecule has 1 aromatic heterocycles. The summed E-state index contributed by atoms with van der Waals surface area (Å²) in [6.07, 6.45) is 0. The molecule has 0 aliphatic carbocycles. The van der Waals surface area contributed by atoms with Crippen LogP contribution in [0.5, 0.6) is 5.75 Å². The Morgan fingerprint density at radius 1 is 1.52 bits per heavy atom. The van der Waals surface area contributed by atoms with Gasteiger partial charge in [0.25, 0.3) is 0 Å². The van der Waals surface area contributed by atoms with Gasteiger partial charge in [-0.3, -0.25) is 0 Å². The summed E-state index contributed by atoms with van der Waals surface area (Å²) in [6, 6.07) is 3.45. The molecule has 0 aliphatic heterocycles. The number of halogens is 1. The molecule has 0 radical (unpaired) electrons. The van der Waals surface area contributed by atoms with Crippen LogP contribution in [0.1, 0.15) is 23.0 Å². The largest absolute Gasteiger partial charge is 0.496 e. The van der Waals surface area contributed by atoms with Crippen LogP contribution in [0.3, 0.4) is 0 Å². The van der Waals surface area contributed by atoms with Gasteiger partial charge in [0, 0.05) is 5.39 Å². The number of nitrogens with zero attached hydrogens (tertiary/aromatic N) is 1. The van der Waals surface area contributed by atoms with Gasteiger partial charge in [-0.15, -0.1) is 0 Å². The average molecular weight is 370 g/mol. The zero-order valence-corrected chi connectivity index (χ0v) is 13.8. The van der Waals surface area contributed by atoms with Crippen molar-refractivity contribution < 1.29 is 18.7 Å². The molecule has 0 spiro atoms. The van der Waals surface area contributed by atoms with Crippen molar-refractivity contribution in [3.05, 3.63) is 27.9 Å². The molecule has 1 heterocycles. The second kappa shape index (κ2) is 6.87. The summed E-state index contributed by atoms with van der Waals surface area (Å²) in [6.45, 7) is 2.01. The number of hydrogen-bond donors (Lipinski definition) is 0. The Labute approximate surface area is 134 Å². The SMILES string of the molecule is CCOC(=O)c1c(CSC#N)oc2cc(Br)c(OC)cc12. The van der Waals surface area contributed by atoms with Crippen molar-refractivity contribution in [1.29, 1.82) is 5.26 Å². The highest BCUT2D eigenvalue weighted by atomic mass is 79.9. The maximum atomic E-state index is 12.2. The average Bonchev–Trinajstić information content (AvgIpc) is 2.81. The lowest BCUT2D eigenvalue weighted by molar-refractivity contribution is 0.0526. The van der Waals surface area contributed by atoms with E-state index in [2.05, 4.69) is 15.9 Å². The number of benzene rings is 1. The number of thioether (sulfide) groups is 1.